The first-order chi connectivity index (χ1) is 9.12. The highest BCUT2D eigenvalue weighted by molar-refractivity contribution is 5.35. The molecule has 0 aliphatic carbocycles. The number of nitrogens with one attached hydrogen (secondary N) is 1. The van der Waals surface area contributed by atoms with Crippen molar-refractivity contribution >= 4 is 0 Å². The van der Waals surface area contributed by atoms with Gasteiger partial charge in [0.25, 0.3) is 0 Å². The first-order valence-electron chi connectivity index (χ1n) is 7.09. The molecule has 0 spiro atoms. The standard InChI is InChI=1S/C16H27NO2/c1-5-16(6-2,12-18)11-17-13(3)14-9-7-8-10-15(14)19-4/h7-10,13,17-18H,5-6,11-12H2,1-4H3. The van der Waals surface area contributed by atoms with Crippen LogP contribution < -0.4 is 10.1 Å². The summed E-state index contributed by atoms with van der Waals surface area (Å²) in [5.74, 6) is 0.907. The Labute approximate surface area is 117 Å². The molecular formula is C16H27NO2. The molecule has 19 heavy (non-hydrogen) atoms. The summed E-state index contributed by atoms with van der Waals surface area (Å²) in [5, 5.41) is 13.1. The van der Waals surface area contributed by atoms with Crippen molar-refractivity contribution in [3.63, 3.8) is 0 Å². The van der Waals surface area contributed by atoms with E-state index < -0.39 is 0 Å². The van der Waals surface area contributed by atoms with Gasteiger partial charge in [-0.05, 0) is 25.8 Å². The number of rotatable bonds is 8. The number of aliphatic hydroxyl groups is 1. The van der Waals surface area contributed by atoms with E-state index in [4.69, 9.17) is 4.74 Å². The Bertz CT molecular complexity index is 367. The predicted octanol–water partition coefficient (Wildman–Crippen LogP) is 3.14. The van der Waals surface area contributed by atoms with Crippen LogP contribution in [0.1, 0.15) is 45.2 Å². The van der Waals surface area contributed by atoms with E-state index in [9.17, 15) is 5.11 Å². The first-order valence-corrected chi connectivity index (χ1v) is 7.09. The molecule has 1 rings (SSSR count). The Morgan fingerprint density at radius 3 is 2.42 bits per heavy atom. The van der Waals surface area contributed by atoms with Crippen LogP contribution >= 0.6 is 0 Å². The molecule has 0 bridgehead atoms. The van der Waals surface area contributed by atoms with Crippen LogP contribution in [0, 0.1) is 5.41 Å². The van der Waals surface area contributed by atoms with E-state index in [0.29, 0.717) is 0 Å². The van der Waals surface area contributed by atoms with E-state index >= 15 is 0 Å². The molecule has 0 aliphatic rings. The third-order valence-electron chi connectivity index (χ3n) is 4.22. The van der Waals surface area contributed by atoms with Crippen LogP contribution in [-0.4, -0.2) is 25.4 Å². The molecule has 0 saturated heterocycles. The summed E-state index contributed by atoms with van der Waals surface area (Å²) in [4.78, 5) is 0. The lowest BCUT2D eigenvalue weighted by Gasteiger charge is -2.31. The smallest absolute Gasteiger partial charge is 0.123 e. The van der Waals surface area contributed by atoms with Gasteiger partial charge in [-0.3, -0.25) is 0 Å². The maximum absolute atomic E-state index is 9.60. The molecule has 0 radical (unpaired) electrons. The van der Waals surface area contributed by atoms with Crippen LogP contribution in [0.25, 0.3) is 0 Å². The molecule has 1 unspecified atom stereocenters. The molecule has 0 amide bonds. The van der Waals surface area contributed by atoms with Crippen molar-refractivity contribution in [2.45, 2.75) is 39.7 Å². The molecule has 3 heteroatoms. The second-order valence-corrected chi connectivity index (χ2v) is 5.21. The first kappa shape index (κ1) is 16.0. The van der Waals surface area contributed by atoms with Crippen molar-refractivity contribution in [1.29, 1.82) is 0 Å². The third kappa shape index (κ3) is 3.95. The number of aliphatic hydroxyl groups excluding tert-OH is 1. The number of ether oxygens (including phenoxy) is 1. The van der Waals surface area contributed by atoms with Gasteiger partial charge in [0, 0.05) is 30.2 Å². The van der Waals surface area contributed by atoms with Gasteiger partial charge >= 0.3 is 0 Å². The average Bonchev–Trinajstić information content (AvgIpc) is 2.49. The van der Waals surface area contributed by atoms with E-state index in [2.05, 4.69) is 32.2 Å². The summed E-state index contributed by atoms with van der Waals surface area (Å²) in [5.41, 5.74) is 1.14. The highest BCUT2D eigenvalue weighted by Crippen LogP contribution is 2.28. The molecule has 0 aromatic heterocycles. The lowest BCUT2D eigenvalue weighted by Crippen LogP contribution is -2.37. The van der Waals surface area contributed by atoms with Crippen molar-refractivity contribution in [3.8, 4) is 5.75 Å². The molecule has 2 N–H and O–H groups in total. The third-order valence-corrected chi connectivity index (χ3v) is 4.22. The maximum Gasteiger partial charge on any atom is 0.123 e. The summed E-state index contributed by atoms with van der Waals surface area (Å²) < 4.78 is 5.39. The minimum Gasteiger partial charge on any atom is -0.496 e. The quantitative estimate of drug-likeness (QED) is 0.758. The summed E-state index contributed by atoms with van der Waals surface area (Å²) in [6.45, 7) is 7.44. The van der Waals surface area contributed by atoms with Crippen LogP contribution in [0.3, 0.4) is 0 Å². The molecule has 0 heterocycles. The summed E-state index contributed by atoms with van der Waals surface area (Å²) in [6, 6.07) is 8.27. The highest BCUT2D eigenvalue weighted by atomic mass is 16.5. The van der Waals surface area contributed by atoms with Gasteiger partial charge in [-0.25, -0.2) is 0 Å². The maximum atomic E-state index is 9.60. The minimum atomic E-state index is -0.0176. The molecule has 1 aromatic rings. The van der Waals surface area contributed by atoms with Gasteiger partial charge in [-0.1, -0.05) is 32.0 Å². The number of hydrogen-bond donors (Lipinski definition) is 2. The normalized spacial score (nSPS) is 13.3. The van der Waals surface area contributed by atoms with Crippen LogP contribution in [0.5, 0.6) is 5.75 Å². The topological polar surface area (TPSA) is 41.5 Å². The van der Waals surface area contributed by atoms with E-state index in [1.807, 2.05) is 18.2 Å². The minimum absolute atomic E-state index is 0.0176. The van der Waals surface area contributed by atoms with Gasteiger partial charge in [0.05, 0.1) is 7.11 Å². The van der Waals surface area contributed by atoms with Crippen molar-refractivity contribution < 1.29 is 9.84 Å². The fourth-order valence-corrected chi connectivity index (χ4v) is 2.28. The summed E-state index contributed by atoms with van der Waals surface area (Å²) in [7, 11) is 1.70. The molecule has 1 atom stereocenters. The number of methoxy groups -OCH3 is 1. The van der Waals surface area contributed by atoms with Gasteiger partial charge < -0.3 is 15.2 Å². The molecule has 0 aliphatic heterocycles. The Kier molecular flexibility index (Phi) is 6.32. The fraction of sp³-hybridized carbons (Fsp3) is 0.625. The Hall–Kier alpha value is -1.06. The van der Waals surface area contributed by atoms with Crippen molar-refractivity contribution in [3.05, 3.63) is 29.8 Å². The zero-order chi connectivity index (χ0) is 14.3. The van der Waals surface area contributed by atoms with Gasteiger partial charge in [0.15, 0.2) is 0 Å². The average molecular weight is 265 g/mol. The molecule has 108 valence electrons. The number of hydrogen-bond acceptors (Lipinski definition) is 3. The number of para-hydroxylation sites is 1. The Morgan fingerprint density at radius 2 is 1.89 bits per heavy atom. The Morgan fingerprint density at radius 1 is 1.26 bits per heavy atom. The zero-order valence-corrected chi connectivity index (χ0v) is 12.6. The highest BCUT2D eigenvalue weighted by Gasteiger charge is 2.26. The second kappa shape index (κ2) is 7.51. The SMILES string of the molecule is CCC(CC)(CO)CNC(C)c1ccccc1OC. The van der Waals surface area contributed by atoms with Crippen LogP contribution in [0.15, 0.2) is 24.3 Å². The number of benzene rings is 1. The van der Waals surface area contributed by atoms with Crippen LogP contribution in [-0.2, 0) is 0 Å². The zero-order valence-electron chi connectivity index (χ0n) is 12.6. The van der Waals surface area contributed by atoms with Gasteiger partial charge in [0.2, 0.25) is 0 Å². The van der Waals surface area contributed by atoms with E-state index in [0.717, 1.165) is 30.7 Å². The van der Waals surface area contributed by atoms with Crippen molar-refractivity contribution in [2.24, 2.45) is 5.41 Å². The van der Waals surface area contributed by atoms with Crippen molar-refractivity contribution in [1.82, 2.24) is 5.32 Å². The molecule has 3 nitrogen and oxygen atoms in total. The van der Waals surface area contributed by atoms with Gasteiger partial charge in [-0.2, -0.15) is 0 Å². The molecule has 0 fully saturated rings. The molecule has 1 aromatic carbocycles. The van der Waals surface area contributed by atoms with Crippen LogP contribution in [0.2, 0.25) is 0 Å². The lowest BCUT2D eigenvalue weighted by molar-refractivity contribution is 0.110. The van der Waals surface area contributed by atoms with E-state index in [-0.39, 0.29) is 18.1 Å². The fourth-order valence-electron chi connectivity index (χ4n) is 2.28. The lowest BCUT2D eigenvalue weighted by atomic mass is 9.83. The predicted molar refractivity (Wildman–Crippen MR) is 79.5 cm³/mol. The summed E-state index contributed by atoms with van der Waals surface area (Å²) in [6.07, 6.45) is 1.96. The monoisotopic (exact) mass is 265 g/mol. The molecule has 0 saturated carbocycles. The van der Waals surface area contributed by atoms with E-state index in [1.54, 1.807) is 7.11 Å². The Balaban J connectivity index is 2.72. The summed E-state index contributed by atoms with van der Waals surface area (Å²) >= 11 is 0. The molecular weight excluding hydrogens is 238 g/mol. The van der Waals surface area contributed by atoms with Crippen LogP contribution in [0.4, 0.5) is 0 Å². The van der Waals surface area contributed by atoms with Crippen molar-refractivity contribution in [2.75, 3.05) is 20.3 Å². The van der Waals surface area contributed by atoms with E-state index in [1.165, 1.54) is 0 Å². The second-order valence-electron chi connectivity index (χ2n) is 5.21. The van der Waals surface area contributed by atoms with Gasteiger partial charge in [0.1, 0.15) is 5.75 Å². The van der Waals surface area contributed by atoms with Gasteiger partial charge in [-0.15, -0.1) is 0 Å². The largest absolute Gasteiger partial charge is 0.496 e.